The maximum absolute atomic E-state index is 12.5. The summed E-state index contributed by atoms with van der Waals surface area (Å²) in [6.07, 6.45) is 1.64. The lowest BCUT2D eigenvalue weighted by molar-refractivity contribution is -0.123. The van der Waals surface area contributed by atoms with Crippen LogP contribution in [-0.4, -0.2) is 21.1 Å². The second-order valence-corrected chi connectivity index (χ2v) is 7.45. The Kier molecular flexibility index (Phi) is 5.44. The maximum Gasteiger partial charge on any atom is 0.285 e. The quantitative estimate of drug-likeness (QED) is 0.598. The van der Waals surface area contributed by atoms with Crippen LogP contribution in [0.25, 0.3) is 6.08 Å². The average molecular weight is 409 g/mol. The van der Waals surface area contributed by atoms with Crippen LogP contribution in [0.5, 0.6) is 0 Å². The molecular formula is C17H10Cl2N2O2S2. The Hall–Kier alpha value is -1.86. The summed E-state index contributed by atoms with van der Waals surface area (Å²) < 4.78 is 0.226. The highest BCUT2D eigenvalue weighted by Gasteiger charge is 2.34. The standard InChI is InChI=1S/C17H10Cl2N2O2S2/c18-12-7-3-1-5-10(12)9-14-16(23)21(17(24)25-14)20-15(22)11-6-2-4-8-13(11)19/h1-9H,(H,20,22)/b14-9-. The molecule has 0 saturated carbocycles. The van der Waals surface area contributed by atoms with E-state index in [9.17, 15) is 9.59 Å². The molecule has 1 fully saturated rings. The van der Waals surface area contributed by atoms with Gasteiger partial charge in [-0.05, 0) is 42.1 Å². The van der Waals surface area contributed by atoms with Crippen molar-refractivity contribution >= 4 is 69.4 Å². The van der Waals surface area contributed by atoms with Gasteiger partial charge in [0.2, 0.25) is 0 Å². The van der Waals surface area contributed by atoms with Crippen LogP contribution in [0.1, 0.15) is 15.9 Å². The zero-order chi connectivity index (χ0) is 18.0. The van der Waals surface area contributed by atoms with E-state index in [1.807, 2.05) is 6.07 Å². The van der Waals surface area contributed by atoms with E-state index >= 15 is 0 Å². The minimum atomic E-state index is -0.513. The fraction of sp³-hybridized carbons (Fsp3) is 0. The third-order valence-corrected chi connectivity index (χ3v) is 5.29. The molecule has 0 bridgehead atoms. The molecule has 8 heteroatoms. The largest absolute Gasteiger partial charge is 0.285 e. The molecule has 2 amide bonds. The zero-order valence-corrected chi connectivity index (χ0v) is 15.7. The lowest BCUT2D eigenvalue weighted by atomic mass is 10.2. The number of benzene rings is 2. The number of hydrazine groups is 1. The second kappa shape index (κ2) is 7.58. The van der Waals surface area contributed by atoms with E-state index in [2.05, 4.69) is 5.43 Å². The number of nitrogens with zero attached hydrogens (tertiary/aromatic N) is 1. The first kappa shape index (κ1) is 17.9. The number of carbonyl (C=O) groups is 2. The molecule has 1 heterocycles. The Morgan fingerprint density at radius 1 is 1.08 bits per heavy atom. The summed E-state index contributed by atoms with van der Waals surface area (Å²) in [7, 11) is 0. The van der Waals surface area contributed by atoms with Crippen molar-refractivity contribution in [2.24, 2.45) is 0 Å². The number of amides is 2. The molecule has 0 atom stereocenters. The van der Waals surface area contributed by atoms with Crippen LogP contribution in [0, 0.1) is 0 Å². The van der Waals surface area contributed by atoms with Crippen LogP contribution >= 0.6 is 47.2 Å². The predicted molar refractivity (Wildman–Crippen MR) is 105 cm³/mol. The Morgan fingerprint density at radius 3 is 2.40 bits per heavy atom. The fourth-order valence-electron chi connectivity index (χ4n) is 2.10. The molecule has 0 aliphatic carbocycles. The van der Waals surface area contributed by atoms with Gasteiger partial charge in [-0.3, -0.25) is 15.0 Å². The van der Waals surface area contributed by atoms with Crippen molar-refractivity contribution in [1.82, 2.24) is 10.4 Å². The molecule has 1 aliphatic heterocycles. The van der Waals surface area contributed by atoms with Gasteiger partial charge < -0.3 is 0 Å². The van der Waals surface area contributed by atoms with E-state index < -0.39 is 11.8 Å². The molecule has 1 saturated heterocycles. The van der Waals surface area contributed by atoms with Gasteiger partial charge in [0.25, 0.3) is 11.8 Å². The molecule has 1 aliphatic rings. The van der Waals surface area contributed by atoms with Crippen LogP contribution in [0.4, 0.5) is 0 Å². The molecule has 126 valence electrons. The van der Waals surface area contributed by atoms with E-state index in [0.717, 1.165) is 16.8 Å². The molecule has 2 aromatic rings. The van der Waals surface area contributed by atoms with Gasteiger partial charge in [-0.2, -0.15) is 5.01 Å². The fourth-order valence-corrected chi connectivity index (χ4v) is 3.69. The van der Waals surface area contributed by atoms with Gasteiger partial charge in [0, 0.05) is 5.02 Å². The maximum atomic E-state index is 12.5. The smallest absolute Gasteiger partial charge is 0.267 e. The summed E-state index contributed by atoms with van der Waals surface area (Å²) in [6.45, 7) is 0. The van der Waals surface area contributed by atoms with E-state index in [0.29, 0.717) is 15.5 Å². The van der Waals surface area contributed by atoms with Crippen LogP contribution in [-0.2, 0) is 4.79 Å². The molecule has 0 unspecified atom stereocenters. The van der Waals surface area contributed by atoms with E-state index in [4.69, 9.17) is 35.4 Å². The number of carbonyl (C=O) groups excluding carboxylic acids is 2. The van der Waals surface area contributed by atoms with E-state index in [1.165, 1.54) is 0 Å². The van der Waals surface area contributed by atoms with Crippen molar-refractivity contribution in [3.8, 4) is 0 Å². The van der Waals surface area contributed by atoms with Crippen molar-refractivity contribution in [2.75, 3.05) is 0 Å². The summed E-state index contributed by atoms with van der Waals surface area (Å²) in [6, 6.07) is 13.7. The van der Waals surface area contributed by atoms with Crippen LogP contribution in [0.15, 0.2) is 53.4 Å². The first-order chi connectivity index (χ1) is 12.0. The molecule has 0 aromatic heterocycles. The van der Waals surface area contributed by atoms with Crippen LogP contribution in [0.3, 0.4) is 0 Å². The lowest BCUT2D eigenvalue weighted by Gasteiger charge is -2.16. The highest BCUT2D eigenvalue weighted by atomic mass is 35.5. The van der Waals surface area contributed by atoms with Gasteiger partial charge in [0.05, 0.1) is 15.5 Å². The van der Waals surface area contributed by atoms with E-state index in [-0.39, 0.29) is 14.9 Å². The average Bonchev–Trinajstić information content (AvgIpc) is 2.85. The molecule has 2 aromatic carbocycles. The van der Waals surface area contributed by atoms with Gasteiger partial charge in [-0.15, -0.1) is 0 Å². The third kappa shape index (κ3) is 3.88. The Labute approximate surface area is 163 Å². The lowest BCUT2D eigenvalue weighted by Crippen LogP contribution is -2.44. The highest BCUT2D eigenvalue weighted by Crippen LogP contribution is 2.32. The monoisotopic (exact) mass is 408 g/mol. The minimum absolute atomic E-state index is 0.226. The number of nitrogens with one attached hydrogen (secondary N) is 1. The number of hydrogen-bond acceptors (Lipinski definition) is 4. The first-order valence-electron chi connectivity index (χ1n) is 7.05. The number of thiocarbonyl (C=S) groups is 1. The molecule has 0 spiro atoms. The Bertz CT molecular complexity index is 915. The van der Waals surface area contributed by atoms with Crippen molar-refractivity contribution in [3.63, 3.8) is 0 Å². The molecular weight excluding hydrogens is 399 g/mol. The number of halogens is 2. The molecule has 3 rings (SSSR count). The van der Waals surface area contributed by atoms with Gasteiger partial charge in [0.1, 0.15) is 0 Å². The SMILES string of the molecule is O=C(NN1C(=O)/C(=C/c2ccccc2Cl)SC1=S)c1ccccc1Cl. The summed E-state index contributed by atoms with van der Waals surface area (Å²) >= 11 is 18.4. The van der Waals surface area contributed by atoms with E-state index in [1.54, 1.807) is 48.5 Å². The van der Waals surface area contributed by atoms with Gasteiger partial charge in [-0.25, -0.2) is 0 Å². The number of hydrogen-bond donors (Lipinski definition) is 1. The van der Waals surface area contributed by atoms with Gasteiger partial charge >= 0.3 is 0 Å². The van der Waals surface area contributed by atoms with Crippen molar-refractivity contribution < 1.29 is 9.59 Å². The zero-order valence-electron chi connectivity index (χ0n) is 12.5. The third-order valence-electron chi connectivity index (χ3n) is 3.32. The van der Waals surface area contributed by atoms with Crippen molar-refractivity contribution in [1.29, 1.82) is 0 Å². The van der Waals surface area contributed by atoms with Crippen molar-refractivity contribution in [3.05, 3.63) is 74.6 Å². The van der Waals surface area contributed by atoms with Gasteiger partial charge in [-0.1, -0.05) is 65.3 Å². The summed E-state index contributed by atoms with van der Waals surface area (Å²) in [5.41, 5.74) is 3.44. The topological polar surface area (TPSA) is 49.4 Å². The van der Waals surface area contributed by atoms with Gasteiger partial charge in [0.15, 0.2) is 4.32 Å². The first-order valence-corrected chi connectivity index (χ1v) is 9.03. The summed E-state index contributed by atoms with van der Waals surface area (Å²) in [5, 5.41) is 1.85. The second-order valence-electron chi connectivity index (χ2n) is 4.96. The molecule has 0 radical (unpaired) electrons. The Morgan fingerprint density at radius 2 is 1.72 bits per heavy atom. The molecule has 25 heavy (non-hydrogen) atoms. The highest BCUT2D eigenvalue weighted by molar-refractivity contribution is 8.26. The number of rotatable bonds is 3. The number of thioether (sulfide) groups is 1. The van der Waals surface area contributed by atoms with Crippen molar-refractivity contribution in [2.45, 2.75) is 0 Å². The Balaban J connectivity index is 1.81. The minimum Gasteiger partial charge on any atom is -0.267 e. The molecule has 4 nitrogen and oxygen atoms in total. The summed E-state index contributed by atoms with van der Waals surface area (Å²) in [4.78, 5) is 25.2. The predicted octanol–water partition coefficient (Wildman–Crippen LogP) is 4.54. The normalized spacial score (nSPS) is 15.8. The van der Waals surface area contributed by atoms with Crippen LogP contribution < -0.4 is 5.43 Å². The molecule has 1 N–H and O–H groups in total. The van der Waals surface area contributed by atoms with Crippen LogP contribution in [0.2, 0.25) is 10.0 Å². The summed E-state index contributed by atoms with van der Waals surface area (Å²) in [5.74, 6) is -0.934.